The summed E-state index contributed by atoms with van der Waals surface area (Å²) in [5.74, 6) is -0.187. The molecule has 0 aliphatic rings. The Kier molecular flexibility index (Phi) is 4.56. The van der Waals surface area contributed by atoms with Crippen molar-refractivity contribution in [3.8, 4) is 0 Å². The van der Waals surface area contributed by atoms with Crippen LogP contribution >= 0.6 is 0 Å². The van der Waals surface area contributed by atoms with Crippen LogP contribution < -0.4 is 16.0 Å². The van der Waals surface area contributed by atoms with Gasteiger partial charge in [0, 0.05) is 36.6 Å². The fourth-order valence-electron chi connectivity index (χ4n) is 1.85. The van der Waals surface area contributed by atoms with Gasteiger partial charge in [-0.05, 0) is 48.5 Å². The van der Waals surface area contributed by atoms with Gasteiger partial charge in [0.25, 0.3) is 0 Å². The van der Waals surface area contributed by atoms with Crippen molar-refractivity contribution in [3.05, 3.63) is 48.5 Å². The summed E-state index contributed by atoms with van der Waals surface area (Å²) in [5.41, 5.74) is 3.34. The second-order valence-electron chi connectivity index (χ2n) is 4.64. The van der Waals surface area contributed by atoms with Crippen molar-refractivity contribution in [1.29, 1.82) is 0 Å². The Bertz CT molecular complexity index is 576. The van der Waals surface area contributed by atoms with Gasteiger partial charge in [0.2, 0.25) is 11.8 Å². The first-order chi connectivity index (χ1) is 10.0. The van der Waals surface area contributed by atoms with E-state index < -0.39 is 0 Å². The number of carbonyl (C=O) groups excluding carboxylic acids is 2. The van der Waals surface area contributed by atoms with E-state index in [9.17, 15) is 9.59 Å². The normalized spacial score (nSPS) is 9.81. The van der Waals surface area contributed by atoms with E-state index in [1.54, 1.807) is 0 Å². The lowest BCUT2D eigenvalue weighted by Crippen LogP contribution is -2.05. The Morgan fingerprint density at radius 1 is 0.619 bits per heavy atom. The monoisotopic (exact) mass is 283 g/mol. The Morgan fingerprint density at radius 3 is 1.19 bits per heavy atom. The minimum absolute atomic E-state index is 0.0933. The molecular formula is C16H17N3O2. The molecule has 2 aromatic carbocycles. The van der Waals surface area contributed by atoms with Crippen LogP contribution in [0.25, 0.3) is 0 Å². The summed E-state index contributed by atoms with van der Waals surface area (Å²) >= 11 is 0. The molecule has 3 N–H and O–H groups in total. The Labute approximate surface area is 123 Å². The highest BCUT2D eigenvalue weighted by Gasteiger charge is 1.99. The van der Waals surface area contributed by atoms with E-state index in [1.165, 1.54) is 13.8 Å². The van der Waals surface area contributed by atoms with E-state index >= 15 is 0 Å². The standard InChI is InChI=1S/C16H17N3O2/c1-11(20)17-13-3-7-15(8-4-13)19-16-9-5-14(6-10-16)18-12(2)21/h3-10,19H,1-2H3,(H,17,20)(H,18,21). The molecule has 0 spiro atoms. The van der Waals surface area contributed by atoms with Crippen molar-refractivity contribution >= 4 is 34.6 Å². The lowest BCUT2D eigenvalue weighted by atomic mass is 10.2. The van der Waals surface area contributed by atoms with Gasteiger partial charge in [-0.3, -0.25) is 9.59 Å². The molecule has 0 fully saturated rings. The SMILES string of the molecule is CC(=O)Nc1ccc(Nc2ccc(NC(C)=O)cc2)cc1. The van der Waals surface area contributed by atoms with E-state index in [2.05, 4.69) is 16.0 Å². The number of nitrogens with one attached hydrogen (secondary N) is 3. The van der Waals surface area contributed by atoms with Crippen molar-refractivity contribution in [1.82, 2.24) is 0 Å². The maximum Gasteiger partial charge on any atom is 0.221 e. The summed E-state index contributed by atoms with van der Waals surface area (Å²) < 4.78 is 0. The van der Waals surface area contributed by atoms with Crippen molar-refractivity contribution < 1.29 is 9.59 Å². The molecule has 0 aliphatic heterocycles. The van der Waals surface area contributed by atoms with Crippen molar-refractivity contribution in [2.45, 2.75) is 13.8 Å². The highest BCUT2D eigenvalue weighted by atomic mass is 16.2. The van der Waals surface area contributed by atoms with E-state index in [-0.39, 0.29) is 11.8 Å². The lowest BCUT2D eigenvalue weighted by molar-refractivity contribution is -0.115. The molecule has 108 valence electrons. The molecule has 2 rings (SSSR count). The van der Waals surface area contributed by atoms with Gasteiger partial charge in [-0.1, -0.05) is 0 Å². The highest BCUT2D eigenvalue weighted by Crippen LogP contribution is 2.20. The zero-order valence-corrected chi connectivity index (χ0v) is 11.9. The van der Waals surface area contributed by atoms with Crippen LogP contribution in [-0.4, -0.2) is 11.8 Å². The van der Waals surface area contributed by atoms with Crippen molar-refractivity contribution in [3.63, 3.8) is 0 Å². The van der Waals surface area contributed by atoms with Gasteiger partial charge in [0.15, 0.2) is 0 Å². The molecule has 0 atom stereocenters. The van der Waals surface area contributed by atoms with Gasteiger partial charge in [-0.25, -0.2) is 0 Å². The molecule has 0 saturated heterocycles. The highest BCUT2D eigenvalue weighted by molar-refractivity contribution is 5.89. The number of hydrogen-bond donors (Lipinski definition) is 3. The number of hydrogen-bond acceptors (Lipinski definition) is 3. The Hall–Kier alpha value is -2.82. The minimum atomic E-state index is -0.0933. The molecular weight excluding hydrogens is 266 g/mol. The van der Waals surface area contributed by atoms with Crippen LogP contribution in [0.3, 0.4) is 0 Å². The summed E-state index contributed by atoms with van der Waals surface area (Å²) in [7, 11) is 0. The summed E-state index contributed by atoms with van der Waals surface area (Å²) in [6.07, 6.45) is 0. The van der Waals surface area contributed by atoms with Crippen LogP contribution in [0.4, 0.5) is 22.7 Å². The molecule has 5 heteroatoms. The largest absolute Gasteiger partial charge is 0.356 e. The molecule has 5 nitrogen and oxygen atoms in total. The third-order valence-corrected chi connectivity index (χ3v) is 2.70. The zero-order valence-electron chi connectivity index (χ0n) is 11.9. The quantitative estimate of drug-likeness (QED) is 0.806. The van der Waals surface area contributed by atoms with Crippen LogP contribution in [-0.2, 0) is 9.59 Å². The molecule has 0 aromatic heterocycles. The summed E-state index contributed by atoms with van der Waals surface area (Å²) in [4.78, 5) is 21.9. The summed E-state index contributed by atoms with van der Waals surface area (Å²) in [6, 6.07) is 14.8. The van der Waals surface area contributed by atoms with Gasteiger partial charge in [-0.15, -0.1) is 0 Å². The fraction of sp³-hybridized carbons (Fsp3) is 0.125. The van der Waals surface area contributed by atoms with Crippen LogP contribution in [0.1, 0.15) is 13.8 Å². The third kappa shape index (κ3) is 4.65. The molecule has 0 bridgehead atoms. The second kappa shape index (κ2) is 6.56. The van der Waals surface area contributed by atoms with Crippen LogP contribution in [0.5, 0.6) is 0 Å². The number of benzene rings is 2. The van der Waals surface area contributed by atoms with E-state index in [0.29, 0.717) is 0 Å². The van der Waals surface area contributed by atoms with Crippen LogP contribution in [0, 0.1) is 0 Å². The molecule has 2 amide bonds. The van der Waals surface area contributed by atoms with Gasteiger partial charge >= 0.3 is 0 Å². The van der Waals surface area contributed by atoms with E-state index in [1.807, 2.05) is 48.5 Å². The lowest BCUT2D eigenvalue weighted by Gasteiger charge is -2.09. The first-order valence-electron chi connectivity index (χ1n) is 6.55. The van der Waals surface area contributed by atoms with Crippen LogP contribution in [0.2, 0.25) is 0 Å². The molecule has 21 heavy (non-hydrogen) atoms. The number of amides is 2. The van der Waals surface area contributed by atoms with Crippen LogP contribution in [0.15, 0.2) is 48.5 Å². The molecule has 0 heterocycles. The van der Waals surface area contributed by atoms with Gasteiger partial charge in [0.1, 0.15) is 0 Å². The summed E-state index contributed by atoms with van der Waals surface area (Å²) in [6.45, 7) is 2.95. The Balaban J connectivity index is 2.01. The first-order valence-corrected chi connectivity index (χ1v) is 6.55. The average Bonchev–Trinajstić information content (AvgIpc) is 2.42. The Morgan fingerprint density at radius 2 is 0.905 bits per heavy atom. The van der Waals surface area contributed by atoms with Crippen molar-refractivity contribution in [2.24, 2.45) is 0 Å². The smallest absolute Gasteiger partial charge is 0.221 e. The van der Waals surface area contributed by atoms with Gasteiger partial charge in [0.05, 0.1) is 0 Å². The molecule has 0 unspecified atom stereocenters. The van der Waals surface area contributed by atoms with E-state index in [0.717, 1.165) is 22.7 Å². The second-order valence-corrected chi connectivity index (χ2v) is 4.64. The topological polar surface area (TPSA) is 70.2 Å². The maximum absolute atomic E-state index is 10.9. The fourth-order valence-corrected chi connectivity index (χ4v) is 1.85. The predicted molar refractivity (Wildman–Crippen MR) is 84.8 cm³/mol. The van der Waals surface area contributed by atoms with Crippen molar-refractivity contribution in [2.75, 3.05) is 16.0 Å². The zero-order chi connectivity index (χ0) is 15.2. The number of anilines is 4. The van der Waals surface area contributed by atoms with Gasteiger partial charge in [-0.2, -0.15) is 0 Å². The maximum atomic E-state index is 10.9. The molecule has 0 aliphatic carbocycles. The molecule has 2 aromatic rings. The number of rotatable bonds is 4. The number of carbonyl (C=O) groups is 2. The molecule has 0 saturated carbocycles. The predicted octanol–water partition coefficient (Wildman–Crippen LogP) is 3.35. The first kappa shape index (κ1) is 14.6. The minimum Gasteiger partial charge on any atom is -0.356 e. The van der Waals surface area contributed by atoms with Gasteiger partial charge < -0.3 is 16.0 Å². The summed E-state index contributed by atoms with van der Waals surface area (Å²) in [5, 5.41) is 8.67. The van der Waals surface area contributed by atoms with E-state index in [4.69, 9.17) is 0 Å². The average molecular weight is 283 g/mol. The molecule has 0 radical (unpaired) electrons. The third-order valence-electron chi connectivity index (χ3n) is 2.70.